The van der Waals surface area contributed by atoms with Crippen LogP contribution >= 0.6 is 0 Å². The standard InChI is InChI=1S/C10H22N2O4S/c1-6-16-9(13)7-8-12(5)17(14,15)11-10(2,3)4/h11H,6-8H2,1-5H3. The number of hydrogen-bond acceptors (Lipinski definition) is 4. The molecule has 0 aromatic heterocycles. The van der Waals surface area contributed by atoms with Gasteiger partial charge < -0.3 is 4.74 Å². The zero-order valence-corrected chi connectivity index (χ0v) is 11.9. The first kappa shape index (κ1) is 16.3. The second kappa shape index (κ2) is 6.32. The average molecular weight is 266 g/mol. The number of rotatable bonds is 6. The van der Waals surface area contributed by atoms with Crippen LogP contribution in [0.2, 0.25) is 0 Å². The summed E-state index contributed by atoms with van der Waals surface area (Å²) in [5.41, 5.74) is -0.545. The Labute approximate surface area is 104 Å². The van der Waals surface area contributed by atoms with Gasteiger partial charge >= 0.3 is 5.97 Å². The van der Waals surface area contributed by atoms with E-state index in [1.54, 1.807) is 27.7 Å². The molecular weight excluding hydrogens is 244 g/mol. The summed E-state index contributed by atoms with van der Waals surface area (Å²) in [6.07, 6.45) is 0.0510. The lowest BCUT2D eigenvalue weighted by Crippen LogP contribution is -2.48. The first-order valence-corrected chi connectivity index (χ1v) is 6.93. The average Bonchev–Trinajstić information content (AvgIpc) is 2.10. The van der Waals surface area contributed by atoms with Crippen LogP contribution < -0.4 is 4.72 Å². The first-order chi connectivity index (χ1) is 7.58. The van der Waals surface area contributed by atoms with Crippen LogP contribution in [0.4, 0.5) is 0 Å². The minimum atomic E-state index is -3.55. The van der Waals surface area contributed by atoms with Gasteiger partial charge in [-0.1, -0.05) is 0 Å². The van der Waals surface area contributed by atoms with Gasteiger partial charge in [0.15, 0.2) is 0 Å². The van der Waals surface area contributed by atoms with Gasteiger partial charge in [-0.3, -0.25) is 4.79 Å². The zero-order valence-electron chi connectivity index (χ0n) is 11.1. The minimum absolute atomic E-state index is 0.0510. The fraction of sp³-hybridized carbons (Fsp3) is 0.900. The Kier molecular flexibility index (Phi) is 6.08. The van der Waals surface area contributed by atoms with Crippen molar-refractivity contribution in [1.82, 2.24) is 9.03 Å². The maximum atomic E-state index is 11.8. The van der Waals surface area contributed by atoms with Crippen molar-refractivity contribution < 1.29 is 17.9 Å². The van der Waals surface area contributed by atoms with Gasteiger partial charge in [0, 0.05) is 19.1 Å². The van der Waals surface area contributed by atoms with Crippen molar-refractivity contribution in [3.8, 4) is 0 Å². The van der Waals surface area contributed by atoms with E-state index in [2.05, 4.69) is 4.72 Å². The SMILES string of the molecule is CCOC(=O)CCN(C)S(=O)(=O)NC(C)(C)C. The third-order valence-corrected chi connectivity index (χ3v) is 3.66. The number of ether oxygens (including phenoxy) is 1. The van der Waals surface area contributed by atoms with Crippen LogP contribution in [0.25, 0.3) is 0 Å². The number of nitrogens with zero attached hydrogens (tertiary/aromatic N) is 1. The molecule has 7 heteroatoms. The molecule has 0 aromatic carbocycles. The van der Waals surface area contributed by atoms with E-state index in [0.29, 0.717) is 6.61 Å². The summed E-state index contributed by atoms with van der Waals surface area (Å²) in [6, 6.07) is 0. The van der Waals surface area contributed by atoms with Crippen LogP contribution in [-0.4, -0.2) is 44.4 Å². The quantitative estimate of drug-likeness (QED) is 0.711. The first-order valence-electron chi connectivity index (χ1n) is 5.49. The molecule has 0 amide bonds. The van der Waals surface area contributed by atoms with Crippen LogP contribution in [0.3, 0.4) is 0 Å². The summed E-state index contributed by atoms with van der Waals surface area (Å²) in [5, 5.41) is 0. The molecule has 0 rings (SSSR count). The van der Waals surface area contributed by atoms with Crippen LogP contribution in [0, 0.1) is 0 Å². The molecule has 17 heavy (non-hydrogen) atoms. The van der Waals surface area contributed by atoms with Crippen molar-refractivity contribution in [2.24, 2.45) is 0 Å². The van der Waals surface area contributed by atoms with E-state index in [9.17, 15) is 13.2 Å². The fourth-order valence-corrected chi connectivity index (χ4v) is 2.33. The monoisotopic (exact) mass is 266 g/mol. The molecule has 0 atom stereocenters. The van der Waals surface area contributed by atoms with Crippen molar-refractivity contribution in [3.63, 3.8) is 0 Å². The van der Waals surface area contributed by atoms with Crippen LogP contribution in [0.5, 0.6) is 0 Å². The van der Waals surface area contributed by atoms with E-state index in [1.807, 2.05) is 0 Å². The largest absolute Gasteiger partial charge is 0.466 e. The van der Waals surface area contributed by atoms with E-state index in [1.165, 1.54) is 7.05 Å². The second-order valence-electron chi connectivity index (χ2n) is 4.73. The molecule has 0 aliphatic rings. The smallest absolute Gasteiger partial charge is 0.307 e. The Bertz CT molecular complexity index is 346. The fourth-order valence-electron chi connectivity index (χ4n) is 1.07. The van der Waals surface area contributed by atoms with Crippen molar-refractivity contribution in [1.29, 1.82) is 0 Å². The summed E-state index contributed by atoms with van der Waals surface area (Å²) in [5.74, 6) is -0.398. The molecule has 1 N–H and O–H groups in total. The highest BCUT2D eigenvalue weighted by atomic mass is 32.2. The Morgan fingerprint density at radius 3 is 2.29 bits per heavy atom. The number of carbonyl (C=O) groups is 1. The molecule has 0 fully saturated rings. The normalized spacial score (nSPS) is 12.8. The number of hydrogen-bond donors (Lipinski definition) is 1. The second-order valence-corrected chi connectivity index (χ2v) is 6.51. The van der Waals surface area contributed by atoms with Crippen LogP contribution in [-0.2, 0) is 19.7 Å². The summed E-state index contributed by atoms with van der Waals surface area (Å²) in [7, 11) is -2.13. The van der Waals surface area contributed by atoms with Gasteiger partial charge in [0.05, 0.1) is 13.0 Å². The maximum absolute atomic E-state index is 11.8. The lowest BCUT2D eigenvalue weighted by atomic mass is 10.1. The molecular formula is C10H22N2O4S. The Morgan fingerprint density at radius 1 is 1.35 bits per heavy atom. The van der Waals surface area contributed by atoms with Gasteiger partial charge in [-0.2, -0.15) is 17.4 Å². The Balaban J connectivity index is 4.31. The summed E-state index contributed by atoms with van der Waals surface area (Å²) < 4.78 is 31.9. The predicted octanol–water partition coefficient (Wildman–Crippen LogP) is 0.504. The Hall–Kier alpha value is -0.660. The van der Waals surface area contributed by atoms with Crippen molar-refractivity contribution in [3.05, 3.63) is 0 Å². The van der Waals surface area contributed by atoms with E-state index >= 15 is 0 Å². The Morgan fingerprint density at radius 2 is 1.88 bits per heavy atom. The third kappa shape index (κ3) is 7.30. The molecule has 102 valence electrons. The summed E-state index contributed by atoms with van der Waals surface area (Å²) >= 11 is 0. The highest BCUT2D eigenvalue weighted by molar-refractivity contribution is 7.87. The van der Waals surface area contributed by atoms with E-state index in [0.717, 1.165) is 4.31 Å². The van der Waals surface area contributed by atoms with Gasteiger partial charge in [-0.25, -0.2) is 0 Å². The van der Waals surface area contributed by atoms with E-state index in [-0.39, 0.29) is 13.0 Å². The molecule has 0 unspecified atom stereocenters. The molecule has 6 nitrogen and oxygen atoms in total. The lowest BCUT2D eigenvalue weighted by Gasteiger charge is -2.25. The van der Waals surface area contributed by atoms with Crippen molar-refractivity contribution >= 4 is 16.2 Å². The molecule has 0 aliphatic heterocycles. The van der Waals surface area contributed by atoms with Crippen molar-refractivity contribution in [2.75, 3.05) is 20.2 Å². The van der Waals surface area contributed by atoms with Crippen LogP contribution in [0.15, 0.2) is 0 Å². The van der Waals surface area contributed by atoms with E-state index in [4.69, 9.17) is 4.74 Å². The minimum Gasteiger partial charge on any atom is -0.466 e. The topological polar surface area (TPSA) is 75.7 Å². The number of carbonyl (C=O) groups excluding carboxylic acids is 1. The molecule has 0 saturated heterocycles. The third-order valence-electron chi connectivity index (χ3n) is 1.78. The van der Waals surface area contributed by atoms with Crippen LogP contribution in [0.1, 0.15) is 34.1 Å². The predicted molar refractivity (Wildman–Crippen MR) is 65.7 cm³/mol. The van der Waals surface area contributed by atoms with Gasteiger partial charge in [0.2, 0.25) is 0 Å². The molecule has 0 aliphatic carbocycles. The number of nitrogens with one attached hydrogen (secondary N) is 1. The van der Waals surface area contributed by atoms with Gasteiger partial charge in [-0.15, -0.1) is 0 Å². The lowest BCUT2D eigenvalue weighted by molar-refractivity contribution is -0.143. The molecule has 0 spiro atoms. The van der Waals surface area contributed by atoms with Crippen molar-refractivity contribution in [2.45, 2.75) is 39.7 Å². The summed E-state index contributed by atoms with van der Waals surface area (Å²) in [6.45, 7) is 7.37. The summed E-state index contributed by atoms with van der Waals surface area (Å²) in [4.78, 5) is 11.1. The molecule has 0 bridgehead atoms. The molecule has 0 aromatic rings. The molecule has 0 saturated carbocycles. The molecule has 0 radical (unpaired) electrons. The van der Waals surface area contributed by atoms with Gasteiger partial charge in [0.25, 0.3) is 10.2 Å². The van der Waals surface area contributed by atoms with Gasteiger partial charge in [0.1, 0.15) is 0 Å². The molecule has 0 heterocycles. The maximum Gasteiger partial charge on any atom is 0.307 e. The van der Waals surface area contributed by atoms with Gasteiger partial charge in [-0.05, 0) is 27.7 Å². The van der Waals surface area contributed by atoms with E-state index < -0.39 is 21.7 Å². The highest BCUT2D eigenvalue weighted by Gasteiger charge is 2.24. The number of esters is 1. The highest BCUT2D eigenvalue weighted by Crippen LogP contribution is 2.05. The zero-order chi connectivity index (χ0) is 13.7.